The highest BCUT2D eigenvalue weighted by atomic mass is 32.2. The van der Waals surface area contributed by atoms with Gasteiger partial charge in [-0.1, -0.05) is 20.8 Å². The maximum atomic E-state index is 12.6. The molecule has 0 aliphatic heterocycles. The summed E-state index contributed by atoms with van der Waals surface area (Å²) in [6, 6.07) is 2.15. The van der Waals surface area contributed by atoms with Crippen molar-refractivity contribution in [1.82, 2.24) is 14.2 Å². The molecule has 0 fully saturated rings. The molecule has 122 valence electrons. The summed E-state index contributed by atoms with van der Waals surface area (Å²) in [4.78, 5) is 0.382. The van der Waals surface area contributed by atoms with Crippen LogP contribution in [0.5, 0.6) is 0 Å². The van der Waals surface area contributed by atoms with E-state index in [0.717, 1.165) is 18.7 Å². The Labute approximate surface area is 129 Å². The van der Waals surface area contributed by atoms with Crippen LogP contribution in [-0.2, 0) is 23.1 Å². The highest BCUT2D eigenvalue weighted by Gasteiger charge is 2.26. The number of nitrogens with one attached hydrogen (secondary N) is 1. The van der Waals surface area contributed by atoms with E-state index in [2.05, 4.69) is 19.2 Å². The summed E-state index contributed by atoms with van der Waals surface area (Å²) >= 11 is 0. The zero-order valence-electron chi connectivity index (χ0n) is 14.0. The minimum absolute atomic E-state index is 0.00258. The molecule has 1 aromatic heterocycles. The lowest BCUT2D eigenvalue weighted by molar-refractivity contribution is 0.380. The number of sulfonamides is 1. The van der Waals surface area contributed by atoms with Gasteiger partial charge in [0.1, 0.15) is 4.90 Å². The molecule has 1 heterocycles. The van der Waals surface area contributed by atoms with Crippen molar-refractivity contribution in [1.29, 1.82) is 0 Å². The zero-order chi connectivity index (χ0) is 16.2. The largest absolute Gasteiger partial charge is 0.349 e. The van der Waals surface area contributed by atoms with Crippen LogP contribution in [0.25, 0.3) is 0 Å². The van der Waals surface area contributed by atoms with Crippen LogP contribution in [0.2, 0.25) is 0 Å². The predicted molar refractivity (Wildman–Crippen MR) is 86.8 cm³/mol. The fourth-order valence-corrected chi connectivity index (χ4v) is 3.58. The van der Waals surface area contributed by atoms with Gasteiger partial charge in [0, 0.05) is 44.1 Å². The Balaban J connectivity index is 3.08. The van der Waals surface area contributed by atoms with Gasteiger partial charge in [0.25, 0.3) is 0 Å². The smallest absolute Gasteiger partial charge is 0.244 e. The van der Waals surface area contributed by atoms with Gasteiger partial charge in [-0.15, -0.1) is 0 Å². The van der Waals surface area contributed by atoms with Crippen molar-refractivity contribution in [2.24, 2.45) is 0 Å². The van der Waals surface area contributed by atoms with Crippen LogP contribution in [0, 0.1) is 0 Å². The number of aromatic nitrogens is 1. The molecule has 0 aliphatic rings. The molecule has 1 unspecified atom stereocenters. The summed E-state index contributed by atoms with van der Waals surface area (Å²) in [5, 5.41) is 3.34. The van der Waals surface area contributed by atoms with E-state index < -0.39 is 10.0 Å². The highest BCUT2D eigenvalue weighted by Crippen LogP contribution is 2.21. The maximum Gasteiger partial charge on any atom is 0.244 e. The summed E-state index contributed by atoms with van der Waals surface area (Å²) in [5.74, 6) is 0. The van der Waals surface area contributed by atoms with Crippen LogP contribution >= 0.6 is 0 Å². The predicted octanol–water partition coefficient (Wildman–Crippen LogP) is 2.42. The van der Waals surface area contributed by atoms with E-state index >= 15 is 0 Å². The van der Waals surface area contributed by atoms with E-state index in [1.54, 1.807) is 19.3 Å². The maximum absolute atomic E-state index is 12.6. The lowest BCUT2D eigenvalue weighted by Gasteiger charge is -2.22. The Kier molecular flexibility index (Phi) is 6.43. The molecule has 0 bridgehead atoms. The fraction of sp³-hybridized carbons (Fsp3) is 0.733. The highest BCUT2D eigenvalue weighted by molar-refractivity contribution is 7.89. The average molecular weight is 315 g/mol. The van der Waals surface area contributed by atoms with Gasteiger partial charge < -0.3 is 9.88 Å². The summed E-state index contributed by atoms with van der Waals surface area (Å²) < 4.78 is 28.7. The number of hydrogen-bond acceptors (Lipinski definition) is 3. The third-order valence-corrected chi connectivity index (χ3v) is 5.82. The van der Waals surface area contributed by atoms with E-state index in [1.165, 1.54) is 4.31 Å². The molecule has 5 nitrogen and oxygen atoms in total. The summed E-state index contributed by atoms with van der Waals surface area (Å²) in [6.07, 6.45) is 2.54. The molecule has 0 aromatic carbocycles. The van der Waals surface area contributed by atoms with Gasteiger partial charge in [-0.05, 0) is 26.3 Å². The van der Waals surface area contributed by atoms with Crippen molar-refractivity contribution in [3.8, 4) is 0 Å². The first-order chi connectivity index (χ1) is 9.73. The van der Waals surface area contributed by atoms with Crippen molar-refractivity contribution in [3.05, 3.63) is 18.0 Å². The normalized spacial score (nSPS) is 14.1. The average Bonchev–Trinajstić information content (AvgIpc) is 2.87. The summed E-state index contributed by atoms with van der Waals surface area (Å²) in [5.41, 5.74) is 1.00. The molecular weight excluding hydrogens is 286 g/mol. The number of aryl methyl sites for hydroxylation is 1. The number of rotatable bonds is 8. The molecule has 1 atom stereocenters. The standard InChI is InChI=1S/C15H29N3O2S/c1-7-13(5)17(6)21(19,20)15-9-14(10-16-12(3)4)18(8-2)11-15/h9,11-13,16H,7-8,10H2,1-6H3. The SMILES string of the molecule is CCC(C)N(C)S(=O)(=O)c1cc(CNC(C)C)n(CC)c1. The quantitative estimate of drug-likeness (QED) is 0.801. The van der Waals surface area contributed by atoms with Crippen LogP contribution < -0.4 is 5.32 Å². The van der Waals surface area contributed by atoms with Crippen LogP contribution in [0.4, 0.5) is 0 Å². The molecule has 1 aromatic rings. The van der Waals surface area contributed by atoms with Crippen molar-refractivity contribution in [3.63, 3.8) is 0 Å². The van der Waals surface area contributed by atoms with Gasteiger partial charge in [-0.25, -0.2) is 8.42 Å². The lowest BCUT2D eigenvalue weighted by Crippen LogP contribution is -2.34. The molecule has 0 radical (unpaired) electrons. The van der Waals surface area contributed by atoms with Crippen LogP contribution in [0.15, 0.2) is 17.2 Å². The molecule has 0 spiro atoms. The van der Waals surface area contributed by atoms with E-state index in [0.29, 0.717) is 17.5 Å². The van der Waals surface area contributed by atoms with E-state index in [-0.39, 0.29) is 6.04 Å². The summed E-state index contributed by atoms with van der Waals surface area (Å²) in [7, 11) is -1.76. The van der Waals surface area contributed by atoms with Crippen LogP contribution in [0.1, 0.15) is 46.7 Å². The number of nitrogens with zero attached hydrogens (tertiary/aromatic N) is 2. The van der Waals surface area contributed by atoms with Gasteiger partial charge >= 0.3 is 0 Å². The Hall–Kier alpha value is -0.850. The van der Waals surface area contributed by atoms with Gasteiger partial charge in [-0.2, -0.15) is 4.31 Å². The Morgan fingerprint density at radius 1 is 1.29 bits per heavy atom. The Morgan fingerprint density at radius 3 is 2.38 bits per heavy atom. The van der Waals surface area contributed by atoms with Crippen molar-refractivity contribution in [2.75, 3.05) is 7.05 Å². The third-order valence-electron chi connectivity index (χ3n) is 3.88. The topological polar surface area (TPSA) is 54.3 Å². The molecule has 21 heavy (non-hydrogen) atoms. The minimum Gasteiger partial charge on any atom is -0.349 e. The van der Waals surface area contributed by atoms with Crippen molar-refractivity contribution < 1.29 is 8.42 Å². The second-order valence-electron chi connectivity index (χ2n) is 5.77. The van der Waals surface area contributed by atoms with E-state index in [4.69, 9.17) is 0 Å². The molecule has 1 rings (SSSR count). The zero-order valence-corrected chi connectivity index (χ0v) is 14.9. The lowest BCUT2D eigenvalue weighted by atomic mass is 10.3. The Morgan fingerprint density at radius 2 is 1.90 bits per heavy atom. The van der Waals surface area contributed by atoms with Crippen LogP contribution in [-0.4, -0.2) is 36.4 Å². The first-order valence-corrected chi connectivity index (χ1v) is 9.08. The fourth-order valence-electron chi connectivity index (χ4n) is 2.08. The molecular formula is C15H29N3O2S. The van der Waals surface area contributed by atoms with Crippen molar-refractivity contribution in [2.45, 2.75) is 71.1 Å². The van der Waals surface area contributed by atoms with Crippen LogP contribution in [0.3, 0.4) is 0 Å². The number of hydrogen-bond donors (Lipinski definition) is 1. The summed E-state index contributed by atoms with van der Waals surface area (Å²) in [6.45, 7) is 11.5. The monoisotopic (exact) mass is 315 g/mol. The van der Waals surface area contributed by atoms with Crippen molar-refractivity contribution >= 4 is 10.0 Å². The molecule has 0 saturated carbocycles. The van der Waals surface area contributed by atoms with E-state index in [9.17, 15) is 8.42 Å². The van der Waals surface area contributed by atoms with Gasteiger partial charge in [0.05, 0.1) is 0 Å². The van der Waals surface area contributed by atoms with Gasteiger partial charge in [-0.3, -0.25) is 0 Å². The van der Waals surface area contributed by atoms with Gasteiger partial charge in [0.2, 0.25) is 10.0 Å². The van der Waals surface area contributed by atoms with E-state index in [1.807, 2.05) is 25.3 Å². The second-order valence-corrected chi connectivity index (χ2v) is 7.76. The molecule has 6 heteroatoms. The third kappa shape index (κ3) is 4.31. The van der Waals surface area contributed by atoms with Gasteiger partial charge in [0.15, 0.2) is 0 Å². The molecule has 0 aliphatic carbocycles. The molecule has 0 amide bonds. The molecule has 1 N–H and O–H groups in total. The Bertz CT molecular complexity index is 549. The minimum atomic E-state index is -3.42. The first-order valence-electron chi connectivity index (χ1n) is 7.64. The second kappa shape index (κ2) is 7.42. The first kappa shape index (κ1) is 18.2. The molecule has 0 saturated heterocycles.